The van der Waals surface area contributed by atoms with E-state index in [1.54, 1.807) is 18.5 Å². The maximum Gasteiger partial charge on any atom is 0.231 e. The summed E-state index contributed by atoms with van der Waals surface area (Å²) in [4.78, 5) is 30.4. The van der Waals surface area contributed by atoms with Crippen LogP contribution in [0.5, 0.6) is 0 Å². The standard InChI is InChI=1S/C10H12N4O2/c15-8-3-2-7(6-13-8)9(16)14-10-11-4-1-5-12-10/h1,4-5,7H,2-3,6H2,(H,13,15)(H,11,12,14,16). The smallest absolute Gasteiger partial charge is 0.231 e. The summed E-state index contributed by atoms with van der Waals surface area (Å²) in [6, 6.07) is 1.68. The lowest BCUT2D eigenvalue weighted by atomic mass is 9.98. The Morgan fingerprint density at radius 2 is 2.19 bits per heavy atom. The number of carbonyl (C=O) groups excluding carboxylic acids is 2. The van der Waals surface area contributed by atoms with Crippen LogP contribution in [0.25, 0.3) is 0 Å². The Morgan fingerprint density at radius 1 is 1.44 bits per heavy atom. The summed E-state index contributed by atoms with van der Waals surface area (Å²) >= 11 is 0. The van der Waals surface area contributed by atoms with Crippen LogP contribution in [-0.4, -0.2) is 28.3 Å². The van der Waals surface area contributed by atoms with Crippen LogP contribution in [0.15, 0.2) is 18.5 Å². The number of carbonyl (C=O) groups is 2. The van der Waals surface area contributed by atoms with Crippen molar-refractivity contribution in [3.05, 3.63) is 18.5 Å². The summed E-state index contributed by atoms with van der Waals surface area (Å²) in [5.41, 5.74) is 0. The van der Waals surface area contributed by atoms with Crippen molar-refractivity contribution in [2.45, 2.75) is 12.8 Å². The number of rotatable bonds is 2. The minimum atomic E-state index is -0.193. The van der Waals surface area contributed by atoms with Crippen molar-refractivity contribution in [1.29, 1.82) is 0 Å². The zero-order valence-corrected chi connectivity index (χ0v) is 8.64. The van der Waals surface area contributed by atoms with Crippen LogP contribution >= 0.6 is 0 Å². The first-order valence-corrected chi connectivity index (χ1v) is 5.10. The number of piperidine rings is 1. The van der Waals surface area contributed by atoms with E-state index >= 15 is 0 Å². The van der Waals surface area contributed by atoms with Gasteiger partial charge in [-0.25, -0.2) is 9.97 Å². The van der Waals surface area contributed by atoms with Crippen molar-refractivity contribution in [2.24, 2.45) is 5.92 Å². The third-order valence-electron chi connectivity index (χ3n) is 2.44. The minimum absolute atomic E-state index is 0.0000103. The molecule has 1 aromatic rings. The van der Waals surface area contributed by atoms with Gasteiger partial charge in [0.15, 0.2) is 0 Å². The molecule has 0 radical (unpaired) electrons. The van der Waals surface area contributed by atoms with Crippen molar-refractivity contribution < 1.29 is 9.59 Å². The van der Waals surface area contributed by atoms with Gasteiger partial charge in [0.2, 0.25) is 17.8 Å². The van der Waals surface area contributed by atoms with E-state index in [1.807, 2.05) is 0 Å². The Kier molecular flexibility index (Phi) is 3.09. The molecule has 1 saturated heterocycles. The van der Waals surface area contributed by atoms with Crippen molar-refractivity contribution in [3.63, 3.8) is 0 Å². The van der Waals surface area contributed by atoms with E-state index in [-0.39, 0.29) is 17.7 Å². The van der Waals surface area contributed by atoms with E-state index in [9.17, 15) is 9.59 Å². The van der Waals surface area contributed by atoms with Crippen molar-refractivity contribution in [1.82, 2.24) is 15.3 Å². The molecule has 0 aromatic carbocycles. The van der Waals surface area contributed by atoms with E-state index in [0.717, 1.165) is 0 Å². The molecular weight excluding hydrogens is 208 g/mol. The number of anilines is 1. The number of nitrogens with one attached hydrogen (secondary N) is 2. The van der Waals surface area contributed by atoms with Gasteiger partial charge in [-0.05, 0) is 12.5 Å². The second-order valence-electron chi connectivity index (χ2n) is 3.60. The minimum Gasteiger partial charge on any atom is -0.355 e. The first-order valence-electron chi connectivity index (χ1n) is 5.10. The molecule has 1 fully saturated rings. The van der Waals surface area contributed by atoms with Gasteiger partial charge in [0.1, 0.15) is 0 Å². The van der Waals surface area contributed by atoms with Crippen molar-refractivity contribution in [2.75, 3.05) is 11.9 Å². The summed E-state index contributed by atoms with van der Waals surface area (Å²) in [6.45, 7) is 0.386. The van der Waals surface area contributed by atoms with E-state index in [0.29, 0.717) is 25.3 Å². The second-order valence-corrected chi connectivity index (χ2v) is 3.60. The van der Waals surface area contributed by atoms with Gasteiger partial charge in [-0.2, -0.15) is 0 Å². The molecule has 2 amide bonds. The van der Waals surface area contributed by atoms with Gasteiger partial charge in [-0.1, -0.05) is 0 Å². The zero-order valence-electron chi connectivity index (χ0n) is 8.64. The average Bonchev–Trinajstić information content (AvgIpc) is 2.31. The predicted octanol–water partition coefficient (Wildman–Crippen LogP) is -0.0587. The highest BCUT2D eigenvalue weighted by atomic mass is 16.2. The third kappa shape index (κ3) is 2.53. The molecule has 2 heterocycles. The molecule has 0 saturated carbocycles. The summed E-state index contributed by atoms with van der Waals surface area (Å²) in [5.74, 6) is -0.0443. The van der Waals surface area contributed by atoms with Crippen molar-refractivity contribution in [3.8, 4) is 0 Å². The van der Waals surface area contributed by atoms with E-state index in [1.165, 1.54) is 0 Å². The Balaban J connectivity index is 1.91. The molecule has 1 atom stereocenters. The first kappa shape index (κ1) is 10.5. The fraction of sp³-hybridized carbons (Fsp3) is 0.400. The molecule has 1 aromatic heterocycles. The number of nitrogens with zero attached hydrogens (tertiary/aromatic N) is 2. The number of amides is 2. The molecule has 84 valence electrons. The van der Waals surface area contributed by atoms with Gasteiger partial charge < -0.3 is 5.32 Å². The van der Waals surface area contributed by atoms with Crippen LogP contribution in [0, 0.1) is 5.92 Å². The average molecular weight is 220 g/mol. The molecule has 6 nitrogen and oxygen atoms in total. The van der Waals surface area contributed by atoms with Gasteiger partial charge in [-0.3, -0.25) is 14.9 Å². The molecule has 0 aliphatic carbocycles. The highest BCUT2D eigenvalue weighted by Gasteiger charge is 2.24. The SMILES string of the molecule is O=C1CCC(C(=O)Nc2ncccn2)CN1. The van der Waals surface area contributed by atoms with Crippen LogP contribution < -0.4 is 10.6 Å². The lowest BCUT2D eigenvalue weighted by Crippen LogP contribution is -2.40. The van der Waals surface area contributed by atoms with Gasteiger partial charge >= 0.3 is 0 Å². The van der Waals surface area contributed by atoms with E-state index in [2.05, 4.69) is 20.6 Å². The Bertz CT molecular complexity index is 383. The maximum absolute atomic E-state index is 11.7. The predicted molar refractivity (Wildman–Crippen MR) is 56.4 cm³/mol. The zero-order chi connectivity index (χ0) is 11.4. The van der Waals surface area contributed by atoms with Crippen LogP contribution in [0.2, 0.25) is 0 Å². The quantitative estimate of drug-likeness (QED) is 0.731. The van der Waals surface area contributed by atoms with E-state index in [4.69, 9.17) is 0 Å². The topological polar surface area (TPSA) is 84.0 Å². The molecule has 1 aliphatic heterocycles. The third-order valence-corrected chi connectivity index (χ3v) is 2.44. The Morgan fingerprint density at radius 3 is 2.81 bits per heavy atom. The van der Waals surface area contributed by atoms with Crippen LogP contribution in [0.3, 0.4) is 0 Å². The van der Waals surface area contributed by atoms with Crippen LogP contribution in [-0.2, 0) is 9.59 Å². The fourth-order valence-electron chi connectivity index (χ4n) is 1.53. The van der Waals surface area contributed by atoms with Gasteiger partial charge in [0, 0.05) is 25.4 Å². The lowest BCUT2D eigenvalue weighted by Gasteiger charge is -2.20. The second kappa shape index (κ2) is 4.69. The first-order chi connectivity index (χ1) is 7.75. The number of aromatic nitrogens is 2. The lowest BCUT2D eigenvalue weighted by molar-refractivity contribution is -0.126. The Hall–Kier alpha value is -1.98. The Labute approximate surface area is 92.5 Å². The summed E-state index contributed by atoms with van der Waals surface area (Å²) in [5, 5.41) is 5.27. The molecule has 2 N–H and O–H groups in total. The van der Waals surface area contributed by atoms with Crippen LogP contribution in [0.4, 0.5) is 5.95 Å². The molecule has 16 heavy (non-hydrogen) atoms. The van der Waals surface area contributed by atoms with Gasteiger partial charge in [0.25, 0.3) is 0 Å². The largest absolute Gasteiger partial charge is 0.355 e. The van der Waals surface area contributed by atoms with E-state index < -0.39 is 0 Å². The normalized spacial score (nSPS) is 20.0. The molecule has 1 aliphatic rings. The monoisotopic (exact) mass is 220 g/mol. The summed E-state index contributed by atoms with van der Waals surface area (Å²) < 4.78 is 0. The number of hydrogen-bond acceptors (Lipinski definition) is 4. The number of hydrogen-bond donors (Lipinski definition) is 2. The molecule has 1 unspecified atom stereocenters. The highest BCUT2D eigenvalue weighted by molar-refractivity contribution is 5.92. The van der Waals surface area contributed by atoms with Crippen molar-refractivity contribution >= 4 is 17.8 Å². The highest BCUT2D eigenvalue weighted by Crippen LogP contribution is 2.12. The van der Waals surface area contributed by atoms with Gasteiger partial charge in [0.05, 0.1) is 5.92 Å². The summed E-state index contributed by atoms with van der Waals surface area (Å²) in [6.07, 6.45) is 4.09. The molecule has 2 rings (SSSR count). The molecule has 6 heteroatoms. The fourth-order valence-corrected chi connectivity index (χ4v) is 1.53. The van der Waals surface area contributed by atoms with Crippen LogP contribution in [0.1, 0.15) is 12.8 Å². The molecular formula is C10H12N4O2. The van der Waals surface area contributed by atoms with Gasteiger partial charge in [-0.15, -0.1) is 0 Å². The maximum atomic E-state index is 11.7. The summed E-state index contributed by atoms with van der Waals surface area (Å²) in [7, 11) is 0. The molecule has 0 bridgehead atoms. The molecule has 0 spiro atoms.